The number of anilines is 1. The van der Waals surface area contributed by atoms with Crippen LogP contribution in [0.5, 0.6) is 0 Å². The number of aryl methyl sites for hydroxylation is 1. The first-order valence-corrected chi connectivity index (χ1v) is 7.40. The Morgan fingerprint density at radius 1 is 1.56 bits per heavy atom. The van der Waals surface area contributed by atoms with E-state index in [9.17, 15) is 4.79 Å². The van der Waals surface area contributed by atoms with E-state index >= 15 is 0 Å². The average Bonchev–Trinajstić information content (AvgIpc) is 2.94. The van der Waals surface area contributed by atoms with Crippen LogP contribution in [0.25, 0.3) is 0 Å². The number of hydrogen-bond acceptors (Lipinski definition) is 5. The number of nitrogens with zero attached hydrogens (tertiary/aromatic N) is 2. The molecule has 0 saturated carbocycles. The van der Waals surface area contributed by atoms with Crippen LogP contribution >= 0.6 is 11.3 Å². The molecule has 1 aliphatic heterocycles. The van der Waals surface area contributed by atoms with Crippen LogP contribution in [0.1, 0.15) is 48.5 Å². The van der Waals surface area contributed by atoms with E-state index in [0.29, 0.717) is 18.3 Å². The zero-order chi connectivity index (χ0) is 13.1. The quantitative estimate of drug-likeness (QED) is 0.787. The maximum absolute atomic E-state index is 11.7. The van der Waals surface area contributed by atoms with Crippen molar-refractivity contribution in [2.45, 2.75) is 46.1 Å². The molecule has 1 aromatic rings. The van der Waals surface area contributed by atoms with Gasteiger partial charge in [0.25, 0.3) is 0 Å². The smallest absolute Gasteiger partial charge is 0.358 e. The molecule has 4 nitrogen and oxygen atoms in total. The minimum absolute atomic E-state index is 0.301. The number of carbonyl (C=O) groups excluding carboxylic acids is 1. The molecule has 0 spiro atoms. The Kier molecular flexibility index (Phi) is 4.22. The van der Waals surface area contributed by atoms with Gasteiger partial charge in [-0.25, -0.2) is 9.78 Å². The number of esters is 1. The van der Waals surface area contributed by atoms with E-state index in [1.807, 2.05) is 13.8 Å². The summed E-state index contributed by atoms with van der Waals surface area (Å²) in [7, 11) is 0. The van der Waals surface area contributed by atoms with Crippen LogP contribution in [0, 0.1) is 6.92 Å². The second kappa shape index (κ2) is 5.69. The fourth-order valence-corrected chi connectivity index (χ4v) is 3.40. The van der Waals surface area contributed by atoms with Crippen molar-refractivity contribution in [1.29, 1.82) is 0 Å². The van der Waals surface area contributed by atoms with Crippen molar-refractivity contribution in [2.24, 2.45) is 0 Å². The highest BCUT2D eigenvalue weighted by molar-refractivity contribution is 7.15. The van der Waals surface area contributed by atoms with Crippen LogP contribution in [0.3, 0.4) is 0 Å². The normalized spacial score (nSPS) is 19.3. The molecule has 1 aliphatic rings. The third kappa shape index (κ3) is 2.51. The zero-order valence-corrected chi connectivity index (χ0v) is 12.0. The van der Waals surface area contributed by atoms with Crippen molar-refractivity contribution in [1.82, 2.24) is 4.98 Å². The van der Waals surface area contributed by atoms with Gasteiger partial charge in [0.2, 0.25) is 0 Å². The third-order valence-electron chi connectivity index (χ3n) is 3.35. The molecule has 0 amide bonds. The van der Waals surface area contributed by atoms with Crippen molar-refractivity contribution in [3.63, 3.8) is 0 Å². The van der Waals surface area contributed by atoms with E-state index in [1.54, 1.807) is 11.3 Å². The number of carbonyl (C=O) groups is 1. The molecule has 0 aliphatic carbocycles. The van der Waals surface area contributed by atoms with Crippen molar-refractivity contribution < 1.29 is 9.53 Å². The van der Waals surface area contributed by atoms with E-state index in [0.717, 1.165) is 23.0 Å². The molecular formula is C13H20N2O2S. The molecule has 1 aromatic heterocycles. The molecule has 1 unspecified atom stereocenters. The lowest BCUT2D eigenvalue weighted by Gasteiger charge is -2.22. The van der Waals surface area contributed by atoms with Gasteiger partial charge >= 0.3 is 5.97 Å². The van der Waals surface area contributed by atoms with Crippen LogP contribution in [0.4, 0.5) is 5.13 Å². The fourth-order valence-electron chi connectivity index (χ4n) is 2.41. The summed E-state index contributed by atoms with van der Waals surface area (Å²) < 4.78 is 5.02. The number of thiazole rings is 1. The highest BCUT2D eigenvalue weighted by atomic mass is 32.1. The van der Waals surface area contributed by atoms with Gasteiger partial charge in [-0.1, -0.05) is 6.92 Å². The van der Waals surface area contributed by atoms with Crippen molar-refractivity contribution in [3.05, 3.63) is 10.6 Å². The Morgan fingerprint density at radius 2 is 2.33 bits per heavy atom. The van der Waals surface area contributed by atoms with Gasteiger partial charge in [-0.2, -0.15) is 0 Å². The fraction of sp³-hybridized carbons (Fsp3) is 0.692. The maximum atomic E-state index is 11.7. The van der Waals surface area contributed by atoms with Crippen LogP contribution < -0.4 is 4.90 Å². The molecule has 0 radical (unpaired) electrons. The standard InChI is InChI=1S/C13H20N2O2S/c1-4-10-7-6-8-15(10)13-14-11(9(3)18-13)12(16)17-5-2/h10H,4-8H2,1-3H3. The largest absolute Gasteiger partial charge is 0.461 e. The Hall–Kier alpha value is -1.10. The van der Waals surface area contributed by atoms with Crippen LogP contribution in [-0.4, -0.2) is 30.1 Å². The molecule has 2 rings (SSSR count). The summed E-state index contributed by atoms with van der Waals surface area (Å²) in [5.41, 5.74) is 0.485. The summed E-state index contributed by atoms with van der Waals surface area (Å²) in [4.78, 5) is 19.5. The molecule has 1 saturated heterocycles. The summed E-state index contributed by atoms with van der Waals surface area (Å²) in [6.45, 7) is 7.40. The maximum Gasteiger partial charge on any atom is 0.358 e. The topological polar surface area (TPSA) is 42.4 Å². The lowest BCUT2D eigenvalue weighted by Crippen LogP contribution is -2.28. The first-order chi connectivity index (χ1) is 8.67. The molecule has 1 fully saturated rings. The molecule has 18 heavy (non-hydrogen) atoms. The van der Waals surface area contributed by atoms with Gasteiger partial charge in [-0.15, -0.1) is 11.3 Å². The van der Waals surface area contributed by atoms with E-state index in [-0.39, 0.29) is 5.97 Å². The summed E-state index contributed by atoms with van der Waals surface area (Å²) in [5, 5.41) is 0.972. The van der Waals surface area contributed by atoms with Gasteiger partial charge < -0.3 is 9.64 Å². The number of hydrogen-bond donors (Lipinski definition) is 0. The monoisotopic (exact) mass is 268 g/mol. The van der Waals surface area contributed by atoms with Crippen molar-refractivity contribution >= 4 is 22.4 Å². The summed E-state index contributed by atoms with van der Waals surface area (Å²) in [6, 6.07) is 0.575. The molecular weight excluding hydrogens is 248 g/mol. The lowest BCUT2D eigenvalue weighted by atomic mass is 10.2. The predicted octanol–water partition coefficient (Wildman–Crippen LogP) is 3.01. The Morgan fingerprint density at radius 3 is 3.00 bits per heavy atom. The number of rotatable bonds is 4. The number of aromatic nitrogens is 1. The molecule has 5 heteroatoms. The average molecular weight is 268 g/mol. The predicted molar refractivity (Wildman–Crippen MR) is 73.5 cm³/mol. The van der Waals surface area contributed by atoms with Gasteiger partial charge in [0, 0.05) is 17.5 Å². The highest BCUT2D eigenvalue weighted by Crippen LogP contribution is 2.32. The first-order valence-electron chi connectivity index (χ1n) is 6.58. The molecule has 0 aromatic carbocycles. The molecule has 2 heterocycles. The molecule has 0 bridgehead atoms. The van der Waals surface area contributed by atoms with Gasteiger partial charge in [0.05, 0.1) is 6.61 Å². The van der Waals surface area contributed by atoms with Gasteiger partial charge in [-0.3, -0.25) is 0 Å². The Bertz CT molecular complexity index is 431. The van der Waals surface area contributed by atoms with Crippen LogP contribution in [0.15, 0.2) is 0 Å². The summed E-state index contributed by atoms with van der Waals surface area (Å²) in [5.74, 6) is -0.301. The van der Waals surface area contributed by atoms with Crippen molar-refractivity contribution in [3.8, 4) is 0 Å². The van der Waals surface area contributed by atoms with Crippen molar-refractivity contribution in [2.75, 3.05) is 18.1 Å². The Balaban J connectivity index is 2.20. The molecule has 100 valence electrons. The van der Waals surface area contributed by atoms with Gasteiger partial charge in [-0.05, 0) is 33.1 Å². The summed E-state index contributed by atoms with van der Waals surface area (Å²) >= 11 is 1.60. The second-order valence-corrected chi connectivity index (χ2v) is 5.70. The van der Waals surface area contributed by atoms with Crippen LogP contribution in [-0.2, 0) is 4.74 Å². The van der Waals surface area contributed by atoms with E-state index in [1.165, 1.54) is 12.8 Å². The second-order valence-electron chi connectivity index (χ2n) is 4.52. The lowest BCUT2D eigenvalue weighted by molar-refractivity contribution is 0.0519. The SMILES string of the molecule is CCOC(=O)c1nc(N2CCCC2CC)sc1C. The minimum atomic E-state index is -0.301. The zero-order valence-electron chi connectivity index (χ0n) is 11.2. The third-order valence-corrected chi connectivity index (χ3v) is 4.36. The van der Waals surface area contributed by atoms with Gasteiger partial charge in [0.15, 0.2) is 10.8 Å². The van der Waals surface area contributed by atoms with E-state index < -0.39 is 0 Å². The van der Waals surface area contributed by atoms with E-state index in [4.69, 9.17) is 4.74 Å². The van der Waals surface area contributed by atoms with Crippen LogP contribution in [0.2, 0.25) is 0 Å². The number of ether oxygens (including phenoxy) is 1. The summed E-state index contributed by atoms with van der Waals surface area (Å²) in [6.07, 6.45) is 3.57. The molecule has 0 N–H and O–H groups in total. The van der Waals surface area contributed by atoms with Gasteiger partial charge in [0.1, 0.15) is 0 Å². The Labute approximate surface area is 112 Å². The highest BCUT2D eigenvalue weighted by Gasteiger charge is 2.27. The molecule has 1 atom stereocenters. The first kappa shape index (κ1) is 13.3. The van der Waals surface area contributed by atoms with E-state index in [2.05, 4.69) is 16.8 Å². The minimum Gasteiger partial charge on any atom is -0.461 e.